The van der Waals surface area contributed by atoms with Crippen LogP contribution in [0.15, 0.2) is 73.1 Å². The molecule has 0 amide bonds. The summed E-state index contributed by atoms with van der Waals surface area (Å²) >= 11 is 0. The number of benzene rings is 2. The fourth-order valence-electron chi connectivity index (χ4n) is 3.31. The molecule has 2 aromatic heterocycles. The van der Waals surface area contributed by atoms with Crippen LogP contribution in [-0.4, -0.2) is 25.7 Å². The molecule has 0 aliphatic heterocycles. The van der Waals surface area contributed by atoms with Gasteiger partial charge >= 0.3 is 20.1 Å². The van der Waals surface area contributed by atoms with Crippen molar-refractivity contribution in [3.63, 3.8) is 0 Å². The van der Waals surface area contributed by atoms with Crippen LogP contribution in [0.2, 0.25) is 0 Å². The third-order valence-corrected chi connectivity index (χ3v) is 5.21. The Kier molecular flexibility index (Phi) is 13.7. The molecule has 2 heterocycles. The van der Waals surface area contributed by atoms with E-state index in [1.807, 2.05) is 62.6 Å². The van der Waals surface area contributed by atoms with Crippen molar-refractivity contribution in [3.05, 3.63) is 95.8 Å². The van der Waals surface area contributed by atoms with Crippen molar-refractivity contribution in [3.8, 4) is 22.5 Å². The van der Waals surface area contributed by atoms with E-state index >= 15 is 0 Å². The molecule has 4 aromatic rings. The number of Topliss-reactive ketones (excluding diaryl/α,β-unsaturated/α-hetero) is 1. The molecule has 0 saturated carbocycles. The molecule has 0 radical (unpaired) electrons. The van der Waals surface area contributed by atoms with Gasteiger partial charge in [-0.25, -0.2) is 0 Å². The molecule has 0 fully saturated rings. The Bertz CT molecular complexity index is 1150. The van der Waals surface area contributed by atoms with Crippen molar-refractivity contribution in [1.82, 2.24) is 19.9 Å². The van der Waals surface area contributed by atoms with E-state index in [0.717, 1.165) is 45.3 Å². The molecule has 2 aromatic carbocycles. The van der Waals surface area contributed by atoms with E-state index in [4.69, 9.17) is 0 Å². The van der Waals surface area contributed by atoms with Crippen molar-refractivity contribution in [1.29, 1.82) is 0 Å². The average molecular weight is 675 g/mol. The number of rotatable bonds is 4. The number of carbonyl (C=O) groups is 1. The number of carbonyl (C=O) groups excluding carboxylic acids is 1. The van der Waals surface area contributed by atoms with Crippen LogP contribution in [0.5, 0.6) is 0 Å². The summed E-state index contributed by atoms with van der Waals surface area (Å²) in [4.78, 5) is 27.6. The fourth-order valence-corrected chi connectivity index (χ4v) is 3.31. The van der Waals surface area contributed by atoms with E-state index in [2.05, 4.69) is 71.9 Å². The van der Waals surface area contributed by atoms with Crippen LogP contribution in [0, 0.1) is 13.8 Å². The summed E-state index contributed by atoms with van der Waals surface area (Å²) in [5.41, 5.74) is 8.31. The first-order valence-corrected chi connectivity index (χ1v) is 12.3. The topological polar surface area (TPSA) is 68.6 Å². The standard InChI is InChI=1S/2C14H16N2.C3H6O.Ir/c2*1-10(2)13-9-15-14(11(3)16-13)12-7-5-4-6-8-12;1-3(2)4;/h2*4-10H,1-3H3;1-2H3;/q;;;+3. The van der Waals surface area contributed by atoms with E-state index in [1.165, 1.54) is 13.8 Å². The molecule has 0 saturated heterocycles. The quantitative estimate of drug-likeness (QED) is 0.222. The van der Waals surface area contributed by atoms with Gasteiger partial charge in [-0.2, -0.15) is 0 Å². The van der Waals surface area contributed by atoms with E-state index in [1.54, 1.807) is 0 Å². The average Bonchev–Trinajstić information content (AvgIpc) is 2.85. The number of hydrogen-bond acceptors (Lipinski definition) is 5. The first-order chi connectivity index (χ1) is 17.1. The van der Waals surface area contributed by atoms with Gasteiger partial charge in [-0.05, 0) is 39.5 Å². The van der Waals surface area contributed by atoms with Crippen LogP contribution in [0.4, 0.5) is 0 Å². The second kappa shape index (κ2) is 15.9. The molecular formula is C31H38IrN4O+3. The Morgan fingerprint density at radius 2 is 0.919 bits per heavy atom. The number of ketones is 1. The van der Waals surface area contributed by atoms with Gasteiger partial charge in [0.05, 0.1) is 34.2 Å². The molecule has 0 aliphatic rings. The van der Waals surface area contributed by atoms with Gasteiger partial charge in [-0.3, -0.25) is 19.9 Å². The van der Waals surface area contributed by atoms with Crippen molar-refractivity contribution < 1.29 is 24.9 Å². The summed E-state index contributed by atoms with van der Waals surface area (Å²) in [6.07, 6.45) is 3.75. The Labute approximate surface area is 235 Å². The van der Waals surface area contributed by atoms with Crippen molar-refractivity contribution in [2.45, 2.75) is 67.2 Å². The first kappa shape index (κ1) is 31.9. The molecule has 0 N–H and O–H groups in total. The van der Waals surface area contributed by atoms with Gasteiger partial charge in [0, 0.05) is 23.5 Å². The van der Waals surface area contributed by atoms with Gasteiger partial charge in [0.1, 0.15) is 5.78 Å². The van der Waals surface area contributed by atoms with Crippen LogP contribution < -0.4 is 0 Å². The van der Waals surface area contributed by atoms with Gasteiger partial charge in [0.2, 0.25) is 0 Å². The van der Waals surface area contributed by atoms with Crippen LogP contribution in [-0.2, 0) is 24.9 Å². The van der Waals surface area contributed by atoms with E-state index in [0.29, 0.717) is 11.8 Å². The Hall–Kier alpha value is -3.08. The molecule has 5 nitrogen and oxygen atoms in total. The minimum absolute atomic E-state index is 0. The molecule has 194 valence electrons. The zero-order valence-electron chi connectivity index (χ0n) is 23.1. The first-order valence-electron chi connectivity index (χ1n) is 12.3. The minimum Gasteiger partial charge on any atom is -0.300 e. The molecular weight excluding hydrogens is 637 g/mol. The molecule has 4 rings (SSSR count). The predicted molar refractivity (Wildman–Crippen MR) is 149 cm³/mol. The molecule has 0 unspecified atom stereocenters. The van der Waals surface area contributed by atoms with Crippen LogP contribution >= 0.6 is 0 Å². The maximum Gasteiger partial charge on any atom is 3.00 e. The molecule has 37 heavy (non-hydrogen) atoms. The summed E-state index contributed by atoms with van der Waals surface area (Å²) in [5, 5.41) is 0. The summed E-state index contributed by atoms with van der Waals surface area (Å²) in [6, 6.07) is 20.3. The summed E-state index contributed by atoms with van der Waals surface area (Å²) in [6.45, 7) is 15.6. The van der Waals surface area contributed by atoms with E-state index in [9.17, 15) is 4.79 Å². The van der Waals surface area contributed by atoms with Crippen LogP contribution in [0.25, 0.3) is 22.5 Å². The number of aromatic nitrogens is 4. The van der Waals surface area contributed by atoms with Crippen molar-refractivity contribution in [2.75, 3.05) is 0 Å². The largest absolute Gasteiger partial charge is 3.00 e. The van der Waals surface area contributed by atoms with E-state index in [-0.39, 0.29) is 25.9 Å². The Morgan fingerprint density at radius 3 is 1.16 bits per heavy atom. The minimum atomic E-state index is 0. The maximum absolute atomic E-state index is 9.44. The van der Waals surface area contributed by atoms with Crippen molar-refractivity contribution in [2.24, 2.45) is 0 Å². The molecule has 0 bridgehead atoms. The maximum atomic E-state index is 9.44. The normalized spacial score (nSPS) is 10.0. The third-order valence-electron chi connectivity index (χ3n) is 5.21. The fraction of sp³-hybridized carbons (Fsp3) is 0.323. The smallest absolute Gasteiger partial charge is 0.300 e. The Balaban J connectivity index is 0.000000316. The van der Waals surface area contributed by atoms with Crippen LogP contribution in [0.1, 0.15) is 76.2 Å². The van der Waals surface area contributed by atoms with Crippen molar-refractivity contribution >= 4 is 5.78 Å². The molecule has 0 atom stereocenters. The number of nitrogens with zero attached hydrogens (tertiary/aromatic N) is 4. The number of aryl methyl sites for hydroxylation is 2. The zero-order valence-corrected chi connectivity index (χ0v) is 25.5. The zero-order chi connectivity index (χ0) is 26.7. The second-order valence-corrected chi connectivity index (χ2v) is 9.41. The third kappa shape index (κ3) is 10.4. The number of hydrogen-bond donors (Lipinski definition) is 0. The summed E-state index contributed by atoms with van der Waals surface area (Å²) in [7, 11) is 0. The predicted octanol–water partition coefficient (Wildman–Crippen LogP) is 7.74. The molecule has 0 aliphatic carbocycles. The SMILES string of the molecule is CC(C)=O.Cc1nc(C(C)C)cnc1-c1ccccc1.Cc1nc(C(C)C)cnc1-c1ccccc1.[Ir+3]. The summed E-state index contributed by atoms with van der Waals surface area (Å²) in [5.74, 6) is 1.02. The second-order valence-electron chi connectivity index (χ2n) is 9.41. The van der Waals surface area contributed by atoms with Gasteiger partial charge < -0.3 is 4.79 Å². The van der Waals surface area contributed by atoms with E-state index < -0.39 is 0 Å². The van der Waals surface area contributed by atoms with Gasteiger partial charge in [-0.15, -0.1) is 0 Å². The van der Waals surface area contributed by atoms with Gasteiger partial charge in [0.25, 0.3) is 0 Å². The van der Waals surface area contributed by atoms with Gasteiger partial charge in [-0.1, -0.05) is 88.4 Å². The Morgan fingerprint density at radius 1 is 0.622 bits per heavy atom. The monoisotopic (exact) mass is 675 g/mol. The molecule has 0 spiro atoms. The molecule has 6 heteroatoms. The van der Waals surface area contributed by atoms with Gasteiger partial charge in [0.15, 0.2) is 0 Å². The van der Waals surface area contributed by atoms with Crippen LogP contribution in [0.3, 0.4) is 0 Å². The summed E-state index contributed by atoms with van der Waals surface area (Å²) < 4.78 is 0.